The highest BCUT2D eigenvalue weighted by Crippen LogP contribution is 2.38. The van der Waals surface area contributed by atoms with Crippen LogP contribution in [0.3, 0.4) is 0 Å². The third-order valence-corrected chi connectivity index (χ3v) is 5.60. The summed E-state index contributed by atoms with van der Waals surface area (Å²) in [5.74, 6) is 0. The van der Waals surface area contributed by atoms with E-state index in [1.54, 1.807) is 6.20 Å². The maximum Gasteiger partial charge on any atom is 0.0702 e. The van der Waals surface area contributed by atoms with Gasteiger partial charge in [0, 0.05) is 35.1 Å². The second-order valence-electron chi connectivity index (χ2n) is 8.34. The van der Waals surface area contributed by atoms with Gasteiger partial charge < -0.3 is 4.90 Å². The van der Waals surface area contributed by atoms with Gasteiger partial charge in [0.15, 0.2) is 0 Å². The Labute approximate surface area is 204 Å². The third-order valence-electron chi connectivity index (χ3n) is 5.60. The molecule has 0 atom stereocenters. The number of anilines is 2. The number of benzene rings is 2. The monoisotopic (exact) mass is 447 g/mol. The van der Waals surface area contributed by atoms with Crippen LogP contribution in [0.1, 0.15) is 30.5 Å². The number of hydrogen-bond acceptors (Lipinski definition) is 3. The normalized spacial score (nSPS) is 12.1. The van der Waals surface area contributed by atoms with Crippen molar-refractivity contribution in [2.45, 2.75) is 34.6 Å². The van der Waals surface area contributed by atoms with Crippen LogP contribution in [0.4, 0.5) is 11.4 Å². The molecular formula is C31H33N3. The quantitative estimate of drug-likeness (QED) is 0.256. The minimum absolute atomic E-state index is 0.835. The van der Waals surface area contributed by atoms with Gasteiger partial charge in [-0.05, 0) is 87.7 Å². The van der Waals surface area contributed by atoms with Crippen molar-refractivity contribution in [3.8, 4) is 11.3 Å². The lowest BCUT2D eigenvalue weighted by molar-refractivity contribution is 1.15. The summed E-state index contributed by atoms with van der Waals surface area (Å²) in [6.45, 7) is 18.8. The smallest absolute Gasteiger partial charge is 0.0702 e. The van der Waals surface area contributed by atoms with Gasteiger partial charge in [-0.2, -0.15) is 0 Å². The fraction of sp³-hybridized carbons (Fsp3) is 0.161. The highest BCUT2D eigenvalue weighted by molar-refractivity contribution is 6.01. The van der Waals surface area contributed by atoms with Crippen molar-refractivity contribution in [2.24, 2.45) is 4.99 Å². The molecule has 0 aliphatic rings. The first kappa shape index (κ1) is 24.7. The van der Waals surface area contributed by atoms with Crippen molar-refractivity contribution in [3.05, 3.63) is 126 Å². The van der Waals surface area contributed by atoms with E-state index in [4.69, 9.17) is 0 Å². The summed E-state index contributed by atoms with van der Waals surface area (Å²) in [5, 5.41) is 0. The van der Waals surface area contributed by atoms with Crippen molar-refractivity contribution >= 4 is 17.1 Å². The predicted molar refractivity (Wildman–Crippen MR) is 148 cm³/mol. The van der Waals surface area contributed by atoms with E-state index < -0.39 is 0 Å². The maximum atomic E-state index is 4.54. The number of allylic oxidation sites excluding steroid dienone is 4. The zero-order valence-corrected chi connectivity index (χ0v) is 20.8. The molecule has 2 aromatic carbocycles. The molecule has 0 radical (unpaired) electrons. The van der Waals surface area contributed by atoms with E-state index in [1.807, 2.05) is 56.5 Å². The van der Waals surface area contributed by atoms with Crippen LogP contribution in [0.25, 0.3) is 11.3 Å². The summed E-state index contributed by atoms with van der Waals surface area (Å²) in [4.78, 5) is 11.3. The van der Waals surface area contributed by atoms with Gasteiger partial charge in [-0.3, -0.25) is 9.98 Å². The summed E-state index contributed by atoms with van der Waals surface area (Å²) in [6.07, 6.45) is 9.43. The topological polar surface area (TPSA) is 28.5 Å². The molecule has 0 saturated carbocycles. The molecule has 0 saturated heterocycles. The Morgan fingerprint density at radius 1 is 1.00 bits per heavy atom. The van der Waals surface area contributed by atoms with Crippen molar-refractivity contribution in [1.29, 1.82) is 0 Å². The van der Waals surface area contributed by atoms with Crippen LogP contribution in [-0.2, 0) is 0 Å². The highest BCUT2D eigenvalue weighted by Gasteiger charge is 2.19. The molecule has 1 aromatic heterocycles. The molecule has 3 heteroatoms. The van der Waals surface area contributed by atoms with Crippen LogP contribution in [0.15, 0.2) is 115 Å². The lowest BCUT2D eigenvalue weighted by Gasteiger charge is -2.30. The molecule has 172 valence electrons. The van der Waals surface area contributed by atoms with E-state index in [9.17, 15) is 0 Å². The molecule has 0 unspecified atom stereocenters. The minimum Gasteiger partial charge on any atom is -0.310 e. The van der Waals surface area contributed by atoms with Crippen LogP contribution in [-0.4, -0.2) is 10.7 Å². The van der Waals surface area contributed by atoms with E-state index in [-0.39, 0.29) is 0 Å². The van der Waals surface area contributed by atoms with Gasteiger partial charge in [-0.25, -0.2) is 0 Å². The Hall–Kier alpha value is -3.98. The second-order valence-corrected chi connectivity index (χ2v) is 8.34. The number of aromatic nitrogens is 1. The number of pyridine rings is 1. The molecule has 3 nitrogen and oxygen atoms in total. The second kappa shape index (κ2) is 11.2. The zero-order valence-electron chi connectivity index (χ0n) is 20.8. The maximum absolute atomic E-state index is 4.54. The lowest BCUT2D eigenvalue weighted by atomic mass is 10.0. The third kappa shape index (κ3) is 5.68. The molecule has 0 N–H and O–H groups in total. The standard InChI is InChI=1S/C31H33N3/c1-8-16-32-26(7)23(4)20-28(9-2)34(31-24(5)18-22(3)19-25(31)6)29-14-12-13-27(21-29)30-15-10-11-17-33-30/h8-21H,2,4H2,1,3,5-7H3/b16-8-,28-20+,32-26+. The average molecular weight is 448 g/mol. The van der Waals surface area contributed by atoms with Crippen LogP contribution >= 0.6 is 0 Å². The number of aliphatic imine (C=N–C) groups is 1. The van der Waals surface area contributed by atoms with E-state index in [2.05, 4.69) is 85.2 Å². The van der Waals surface area contributed by atoms with Gasteiger partial charge in [-0.1, -0.05) is 55.1 Å². The summed E-state index contributed by atoms with van der Waals surface area (Å²) >= 11 is 0. The number of nitrogens with zero attached hydrogens (tertiary/aromatic N) is 3. The van der Waals surface area contributed by atoms with Crippen molar-refractivity contribution < 1.29 is 0 Å². The van der Waals surface area contributed by atoms with Gasteiger partial charge in [0.1, 0.15) is 0 Å². The molecule has 0 bridgehead atoms. The molecule has 0 aliphatic carbocycles. The van der Waals surface area contributed by atoms with Gasteiger partial charge in [0.25, 0.3) is 0 Å². The summed E-state index contributed by atoms with van der Waals surface area (Å²) in [5.41, 5.74) is 10.4. The Morgan fingerprint density at radius 3 is 2.35 bits per heavy atom. The molecule has 0 fully saturated rings. The molecule has 3 rings (SSSR count). The van der Waals surface area contributed by atoms with Gasteiger partial charge in [0.05, 0.1) is 11.4 Å². The molecule has 1 heterocycles. The Kier molecular flexibility index (Phi) is 8.15. The highest BCUT2D eigenvalue weighted by atomic mass is 15.2. The summed E-state index contributed by atoms with van der Waals surface area (Å²) < 4.78 is 0. The largest absolute Gasteiger partial charge is 0.310 e. The zero-order chi connectivity index (χ0) is 24.7. The molecular weight excluding hydrogens is 414 g/mol. The first-order valence-electron chi connectivity index (χ1n) is 11.4. The van der Waals surface area contributed by atoms with E-state index in [0.29, 0.717) is 0 Å². The molecule has 34 heavy (non-hydrogen) atoms. The minimum atomic E-state index is 0.835. The first-order valence-corrected chi connectivity index (χ1v) is 11.4. The number of hydrogen-bond donors (Lipinski definition) is 0. The summed E-state index contributed by atoms with van der Waals surface area (Å²) in [7, 11) is 0. The fourth-order valence-corrected chi connectivity index (χ4v) is 4.04. The van der Waals surface area contributed by atoms with Gasteiger partial charge in [0.2, 0.25) is 0 Å². The Balaban J connectivity index is 2.23. The lowest BCUT2D eigenvalue weighted by Crippen LogP contribution is -2.18. The summed E-state index contributed by atoms with van der Waals surface area (Å²) in [6, 6.07) is 18.8. The SMILES string of the molecule is C=C/C(=C\C(=C)/C(C)=N/C=C\C)N(c1cccc(-c2ccccn2)c1)c1c(C)cc(C)cc1C. The van der Waals surface area contributed by atoms with Gasteiger partial charge in [-0.15, -0.1) is 0 Å². The predicted octanol–water partition coefficient (Wildman–Crippen LogP) is 8.43. The van der Waals surface area contributed by atoms with Crippen LogP contribution in [0.2, 0.25) is 0 Å². The fourth-order valence-electron chi connectivity index (χ4n) is 4.04. The van der Waals surface area contributed by atoms with Crippen molar-refractivity contribution in [1.82, 2.24) is 4.98 Å². The Bertz CT molecular complexity index is 1250. The Morgan fingerprint density at radius 2 is 1.74 bits per heavy atom. The van der Waals surface area contributed by atoms with E-state index in [1.165, 1.54) is 16.7 Å². The van der Waals surface area contributed by atoms with Crippen LogP contribution < -0.4 is 4.90 Å². The van der Waals surface area contributed by atoms with Crippen LogP contribution in [0, 0.1) is 20.8 Å². The molecule has 0 spiro atoms. The molecule has 0 amide bonds. The number of aryl methyl sites for hydroxylation is 3. The van der Waals surface area contributed by atoms with Crippen molar-refractivity contribution in [3.63, 3.8) is 0 Å². The van der Waals surface area contributed by atoms with Gasteiger partial charge >= 0.3 is 0 Å². The number of rotatable bonds is 8. The first-order chi connectivity index (χ1) is 16.3. The van der Waals surface area contributed by atoms with E-state index >= 15 is 0 Å². The van der Waals surface area contributed by atoms with Crippen LogP contribution in [0.5, 0.6) is 0 Å². The van der Waals surface area contributed by atoms with Crippen molar-refractivity contribution in [2.75, 3.05) is 4.90 Å². The molecule has 3 aromatic rings. The average Bonchev–Trinajstić information content (AvgIpc) is 2.84. The van der Waals surface area contributed by atoms with E-state index in [0.717, 1.165) is 39.6 Å². The molecule has 0 aliphatic heterocycles.